The van der Waals surface area contributed by atoms with Gasteiger partial charge in [0.15, 0.2) is 0 Å². The standard InChI is InChI=1S/C15H15BrN2O/c1-18(10-11-6-3-2-4-7-11)15(19)12-8-5-9-13(16)14(12)17/h2-9H,10,17H2,1H3. The largest absolute Gasteiger partial charge is 0.397 e. The highest BCUT2D eigenvalue weighted by molar-refractivity contribution is 9.10. The molecule has 2 rings (SSSR count). The van der Waals surface area contributed by atoms with Crippen LogP contribution < -0.4 is 5.73 Å². The lowest BCUT2D eigenvalue weighted by Gasteiger charge is -2.18. The highest BCUT2D eigenvalue weighted by Gasteiger charge is 2.15. The maximum absolute atomic E-state index is 12.3. The van der Waals surface area contributed by atoms with E-state index >= 15 is 0 Å². The van der Waals surface area contributed by atoms with Gasteiger partial charge in [0.05, 0.1) is 11.3 Å². The first-order valence-electron chi connectivity index (χ1n) is 5.93. The zero-order chi connectivity index (χ0) is 13.8. The average Bonchev–Trinajstić information content (AvgIpc) is 2.42. The zero-order valence-electron chi connectivity index (χ0n) is 10.6. The van der Waals surface area contributed by atoms with Crippen LogP contribution in [0.15, 0.2) is 53.0 Å². The molecule has 0 bridgehead atoms. The lowest BCUT2D eigenvalue weighted by atomic mass is 10.1. The van der Waals surface area contributed by atoms with Gasteiger partial charge in [-0.15, -0.1) is 0 Å². The van der Waals surface area contributed by atoms with Gasteiger partial charge in [0.1, 0.15) is 0 Å². The predicted octanol–water partition coefficient (Wildman–Crippen LogP) is 3.30. The molecule has 0 aliphatic rings. The Labute approximate surface area is 121 Å². The summed E-state index contributed by atoms with van der Waals surface area (Å²) in [5.74, 6) is -0.0809. The van der Waals surface area contributed by atoms with Crippen molar-refractivity contribution in [3.63, 3.8) is 0 Å². The van der Waals surface area contributed by atoms with Gasteiger partial charge in [0.25, 0.3) is 5.91 Å². The molecule has 0 fully saturated rings. The SMILES string of the molecule is CN(Cc1ccccc1)C(=O)c1cccc(Br)c1N. The fourth-order valence-corrected chi connectivity index (χ4v) is 2.22. The summed E-state index contributed by atoms with van der Waals surface area (Å²) in [7, 11) is 1.77. The first kappa shape index (κ1) is 13.6. The highest BCUT2D eigenvalue weighted by atomic mass is 79.9. The maximum Gasteiger partial charge on any atom is 0.256 e. The Morgan fingerprint density at radius 2 is 1.84 bits per heavy atom. The average molecular weight is 319 g/mol. The highest BCUT2D eigenvalue weighted by Crippen LogP contribution is 2.24. The topological polar surface area (TPSA) is 46.3 Å². The van der Waals surface area contributed by atoms with Crippen LogP contribution in [0.2, 0.25) is 0 Å². The van der Waals surface area contributed by atoms with Crippen LogP contribution >= 0.6 is 15.9 Å². The molecule has 19 heavy (non-hydrogen) atoms. The van der Waals surface area contributed by atoms with Crippen molar-refractivity contribution in [3.05, 3.63) is 64.1 Å². The Morgan fingerprint density at radius 3 is 2.53 bits per heavy atom. The van der Waals surface area contributed by atoms with E-state index in [1.807, 2.05) is 42.5 Å². The van der Waals surface area contributed by atoms with Crippen LogP contribution in [0.4, 0.5) is 5.69 Å². The van der Waals surface area contributed by atoms with Crippen molar-refractivity contribution in [2.75, 3.05) is 12.8 Å². The van der Waals surface area contributed by atoms with Crippen LogP contribution in [0.1, 0.15) is 15.9 Å². The number of hydrogen-bond acceptors (Lipinski definition) is 2. The van der Waals surface area contributed by atoms with Gasteiger partial charge in [-0.25, -0.2) is 0 Å². The second kappa shape index (κ2) is 5.89. The minimum absolute atomic E-state index is 0.0809. The van der Waals surface area contributed by atoms with Gasteiger partial charge in [-0.3, -0.25) is 4.79 Å². The summed E-state index contributed by atoms with van der Waals surface area (Å²) < 4.78 is 0.742. The lowest BCUT2D eigenvalue weighted by molar-refractivity contribution is 0.0786. The minimum atomic E-state index is -0.0809. The molecule has 3 nitrogen and oxygen atoms in total. The smallest absolute Gasteiger partial charge is 0.256 e. The molecule has 0 spiro atoms. The summed E-state index contributed by atoms with van der Waals surface area (Å²) in [5.41, 5.74) is 8.01. The molecule has 0 aromatic heterocycles. The fraction of sp³-hybridized carbons (Fsp3) is 0.133. The second-order valence-corrected chi connectivity index (χ2v) is 5.20. The molecule has 2 aromatic carbocycles. The van der Waals surface area contributed by atoms with E-state index in [0.29, 0.717) is 17.8 Å². The molecular weight excluding hydrogens is 304 g/mol. The third-order valence-corrected chi connectivity index (χ3v) is 3.58. The molecule has 98 valence electrons. The number of hydrogen-bond donors (Lipinski definition) is 1. The number of carbonyl (C=O) groups is 1. The normalized spacial score (nSPS) is 10.2. The van der Waals surface area contributed by atoms with E-state index in [9.17, 15) is 4.79 Å². The van der Waals surface area contributed by atoms with E-state index in [1.165, 1.54) is 0 Å². The molecule has 0 atom stereocenters. The van der Waals surface area contributed by atoms with Crippen LogP contribution in [-0.2, 0) is 6.54 Å². The van der Waals surface area contributed by atoms with Crippen molar-refractivity contribution in [2.24, 2.45) is 0 Å². The monoisotopic (exact) mass is 318 g/mol. The lowest BCUT2D eigenvalue weighted by Crippen LogP contribution is -2.27. The Bertz CT molecular complexity index is 584. The Hall–Kier alpha value is -1.81. The van der Waals surface area contributed by atoms with E-state index in [0.717, 1.165) is 10.0 Å². The molecule has 2 N–H and O–H groups in total. The molecule has 0 saturated heterocycles. The number of anilines is 1. The maximum atomic E-state index is 12.3. The van der Waals surface area contributed by atoms with Gasteiger partial charge in [-0.2, -0.15) is 0 Å². The summed E-state index contributed by atoms with van der Waals surface area (Å²) >= 11 is 3.33. The number of nitrogens with zero attached hydrogens (tertiary/aromatic N) is 1. The van der Waals surface area contributed by atoms with Crippen LogP contribution in [-0.4, -0.2) is 17.9 Å². The van der Waals surface area contributed by atoms with Crippen molar-refractivity contribution < 1.29 is 4.79 Å². The summed E-state index contributed by atoms with van der Waals surface area (Å²) in [5, 5.41) is 0. The van der Waals surface area contributed by atoms with E-state index in [4.69, 9.17) is 5.73 Å². The number of rotatable bonds is 3. The van der Waals surface area contributed by atoms with E-state index in [2.05, 4.69) is 15.9 Å². The fourth-order valence-electron chi connectivity index (χ4n) is 1.86. The Balaban J connectivity index is 2.18. The van der Waals surface area contributed by atoms with Gasteiger partial charge in [-0.1, -0.05) is 36.4 Å². The molecule has 2 aromatic rings. The second-order valence-electron chi connectivity index (χ2n) is 4.35. The number of halogens is 1. The van der Waals surface area contributed by atoms with Crippen molar-refractivity contribution in [1.29, 1.82) is 0 Å². The molecule has 1 amide bonds. The van der Waals surface area contributed by atoms with E-state index in [1.54, 1.807) is 18.0 Å². The van der Waals surface area contributed by atoms with Crippen molar-refractivity contribution in [1.82, 2.24) is 4.90 Å². The predicted molar refractivity (Wildman–Crippen MR) is 80.8 cm³/mol. The van der Waals surface area contributed by atoms with Crippen LogP contribution in [0, 0.1) is 0 Å². The number of para-hydroxylation sites is 1. The number of amides is 1. The van der Waals surface area contributed by atoms with Crippen LogP contribution in [0.3, 0.4) is 0 Å². The summed E-state index contributed by atoms with van der Waals surface area (Å²) in [6.45, 7) is 0.561. The first-order chi connectivity index (χ1) is 9.09. The summed E-state index contributed by atoms with van der Waals surface area (Å²) in [4.78, 5) is 14.0. The third kappa shape index (κ3) is 3.15. The van der Waals surface area contributed by atoms with Crippen molar-refractivity contribution in [2.45, 2.75) is 6.54 Å². The van der Waals surface area contributed by atoms with E-state index < -0.39 is 0 Å². The number of nitrogen functional groups attached to an aromatic ring is 1. The Kier molecular flexibility index (Phi) is 4.22. The molecular formula is C15H15BrN2O. The number of carbonyl (C=O) groups excluding carboxylic acids is 1. The van der Waals surface area contributed by atoms with E-state index in [-0.39, 0.29) is 5.91 Å². The summed E-state index contributed by atoms with van der Waals surface area (Å²) in [6.07, 6.45) is 0. The molecule has 0 saturated carbocycles. The molecule has 0 unspecified atom stereocenters. The zero-order valence-corrected chi connectivity index (χ0v) is 12.2. The van der Waals surface area contributed by atoms with Crippen LogP contribution in [0.25, 0.3) is 0 Å². The number of benzene rings is 2. The Morgan fingerprint density at radius 1 is 1.16 bits per heavy atom. The molecule has 0 heterocycles. The summed E-state index contributed by atoms with van der Waals surface area (Å²) in [6, 6.07) is 15.2. The molecule has 0 radical (unpaired) electrons. The quantitative estimate of drug-likeness (QED) is 0.882. The molecule has 0 aliphatic heterocycles. The minimum Gasteiger partial charge on any atom is -0.397 e. The van der Waals surface area contributed by atoms with Gasteiger partial charge in [-0.05, 0) is 33.6 Å². The molecule has 0 aliphatic carbocycles. The third-order valence-electron chi connectivity index (χ3n) is 2.89. The van der Waals surface area contributed by atoms with Crippen LogP contribution in [0.5, 0.6) is 0 Å². The van der Waals surface area contributed by atoms with Gasteiger partial charge < -0.3 is 10.6 Å². The number of nitrogens with two attached hydrogens (primary N) is 1. The first-order valence-corrected chi connectivity index (χ1v) is 6.72. The van der Waals surface area contributed by atoms with Gasteiger partial charge >= 0.3 is 0 Å². The molecule has 4 heteroatoms. The van der Waals surface area contributed by atoms with Crippen molar-refractivity contribution in [3.8, 4) is 0 Å². The van der Waals surface area contributed by atoms with Crippen molar-refractivity contribution >= 4 is 27.5 Å². The van der Waals surface area contributed by atoms with Gasteiger partial charge in [0.2, 0.25) is 0 Å². The van der Waals surface area contributed by atoms with Gasteiger partial charge in [0, 0.05) is 18.1 Å².